The molecule has 0 saturated carbocycles. The van der Waals surface area contributed by atoms with Gasteiger partial charge in [0.25, 0.3) is 0 Å². The summed E-state index contributed by atoms with van der Waals surface area (Å²) in [5, 5.41) is 11.7. The zero-order valence-corrected chi connectivity index (χ0v) is 15.9. The number of rotatable bonds is 3. The van der Waals surface area contributed by atoms with Gasteiger partial charge >= 0.3 is 5.97 Å². The summed E-state index contributed by atoms with van der Waals surface area (Å²) in [6.45, 7) is 3.92. The molecule has 1 atom stereocenters. The van der Waals surface area contributed by atoms with Crippen molar-refractivity contribution in [3.8, 4) is 22.3 Å². The van der Waals surface area contributed by atoms with Gasteiger partial charge in [0, 0.05) is 10.6 Å². The summed E-state index contributed by atoms with van der Waals surface area (Å²) >= 11 is 6.62. The van der Waals surface area contributed by atoms with Gasteiger partial charge in [0.15, 0.2) is 0 Å². The fourth-order valence-corrected chi connectivity index (χ4v) is 4.04. The number of carbonyl (C=O) groups excluding carboxylic acids is 1. The monoisotopic (exact) mass is 378 g/mol. The summed E-state index contributed by atoms with van der Waals surface area (Å²) < 4.78 is 5.02. The van der Waals surface area contributed by atoms with Crippen LogP contribution in [0, 0.1) is 0 Å². The lowest BCUT2D eigenvalue weighted by Gasteiger charge is -2.20. The van der Waals surface area contributed by atoms with Crippen LogP contribution >= 0.6 is 11.6 Å². The summed E-state index contributed by atoms with van der Waals surface area (Å²) in [7, 11) is 0. The molecule has 3 aromatic rings. The van der Waals surface area contributed by atoms with Gasteiger partial charge in [-0.1, -0.05) is 48.0 Å². The van der Waals surface area contributed by atoms with E-state index in [0.717, 1.165) is 33.4 Å². The zero-order chi connectivity index (χ0) is 19.2. The molecule has 0 radical (unpaired) electrons. The number of hydrogen-bond donors (Lipinski definition) is 1. The third-order valence-corrected chi connectivity index (χ3v) is 5.36. The molecule has 0 bridgehead atoms. The van der Waals surface area contributed by atoms with Crippen LogP contribution in [0.1, 0.15) is 35.3 Å². The number of ether oxygens (including phenoxy) is 1. The van der Waals surface area contributed by atoms with E-state index in [4.69, 9.17) is 16.3 Å². The van der Waals surface area contributed by atoms with E-state index in [-0.39, 0.29) is 5.97 Å². The van der Waals surface area contributed by atoms with Crippen LogP contribution in [0.4, 0.5) is 0 Å². The van der Waals surface area contributed by atoms with Crippen LogP contribution < -0.4 is 0 Å². The summed E-state index contributed by atoms with van der Waals surface area (Å²) in [6.07, 6.45) is 0. The highest BCUT2D eigenvalue weighted by Crippen LogP contribution is 2.51. The van der Waals surface area contributed by atoms with Crippen molar-refractivity contribution in [2.45, 2.75) is 19.4 Å². The second kappa shape index (κ2) is 6.52. The van der Waals surface area contributed by atoms with Gasteiger partial charge in [-0.15, -0.1) is 0 Å². The highest BCUT2D eigenvalue weighted by molar-refractivity contribution is 6.34. The SMILES string of the molecule is CCOC(=O)c1ccc(-c2cc(Cl)c3c(c2)C(C)(O)c2ccccc2-3)cc1. The highest BCUT2D eigenvalue weighted by atomic mass is 35.5. The molecule has 0 heterocycles. The molecule has 0 fully saturated rings. The molecule has 0 aliphatic heterocycles. The van der Waals surface area contributed by atoms with E-state index in [1.54, 1.807) is 26.0 Å². The molecule has 4 heteroatoms. The second-order valence-electron chi connectivity index (χ2n) is 6.80. The summed E-state index contributed by atoms with van der Waals surface area (Å²) in [5.41, 5.74) is 4.71. The Labute approximate surface area is 163 Å². The quantitative estimate of drug-likeness (QED) is 0.619. The second-order valence-corrected chi connectivity index (χ2v) is 7.20. The normalized spacial score (nSPS) is 17.3. The summed E-state index contributed by atoms with van der Waals surface area (Å²) in [4.78, 5) is 11.8. The molecule has 27 heavy (non-hydrogen) atoms. The Morgan fingerprint density at radius 1 is 1.04 bits per heavy atom. The lowest BCUT2D eigenvalue weighted by molar-refractivity contribution is 0.0526. The first kappa shape index (κ1) is 17.8. The molecule has 0 aromatic heterocycles. The average Bonchev–Trinajstić information content (AvgIpc) is 2.90. The van der Waals surface area contributed by atoms with E-state index < -0.39 is 5.60 Å². The van der Waals surface area contributed by atoms with E-state index in [9.17, 15) is 9.90 Å². The number of fused-ring (bicyclic) bond motifs is 3. The number of halogens is 1. The van der Waals surface area contributed by atoms with Crippen LogP contribution in [-0.2, 0) is 10.3 Å². The van der Waals surface area contributed by atoms with Gasteiger partial charge in [-0.25, -0.2) is 4.79 Å². The molecule has 1 N–H and O–H groups in total. The van der Waals surface area contributed by atoms with Gasteiger partial charge in [-0.2, -0.15) is 0 Å². The number of benzene rings is 3. The van der Waals surface area contributed by atoms with E-state index in [0.29, 0.717) is 17.2 Å². The molecule has 0 amide bonds. The van der Waals surface area contributed by atoms with Crippen LogP contribution in [0.2, 0.25) is 5.02 Å². The molecule has 0 spiro atoms. The maximum Gasteiger partial charge on any atom is 0.338 e. The van der Waals surface area contributed by atoms with Crippen molar-refractivity contribution in [1.29, 1.82) is 0 Å². The van der Waals surface area contributed by atoms with E-state index in [1.165, 1.54) is 0 Å². The molecule has 3 aromatic carbocycles. The number of hydrogen-bond acceptors (Lipinski definition) is 3. The fourth-order valence-electron chi connectivity index (χ4n) is 3.71. The Kier molecular flexibility index (Phi) is 4.29. The molecule has 3 nitrogen and oxygen atoms in total. The van der Waals surface area contributed by atoms with Crippen molar-refractivity contribution < 1.29 is 14.6 Å². The Hall–Kier alpha value is -2.62. The summed E-state index contributed by atoms with van der Waals surface area (Å²) in [5.74, 6) is -0.339. The number of esters is 1. The number of carbonyl (C=O) groups is 1. The maximum atomic E-state index is 11.8. The minimum atomic E-state index is -1.10. The van der Waals surface area contributed by atoms with Crippen LogP contribution in [0.15, 0.2) is 60.7 Å². The smallest absolute Gasteiger partial charge is 0.338 e. The van der Waals surface area contributed by atoms with Crippen molar-refractivity contribution in [3.05, 3.63) is 82.4 Å². The Bertz CT molecular complexity index is 1040. The Morgan fingerprint density at radius 2 is 1.74 bits per heavy atom. The fraction of sp³-hybridized carbons (Fsp3) is 0.174. The third-order valence-electron chi connectivity index (χ3n) is 5.06. The molecule has 4 rings (SSSR count). The predicted octanol–water partition coefficient (Wildman–Crippen LogP) is 5.42. The molecule has 1 aliphatic carbocycles. The van der Waals surface area contributed by atoms with Crippen molar-refractivity contribution in [3.63, 3.8) is 0 Å². The Balaban J connectivity index is 1.79. The van der Waals surface area contributed by atoms with Crippen molar-refractivity contribution in [1.82, 2.24) is 0 Å². The van der Waals surface area contributed by atoms with Crippen molar-refractivity contribution in [2.75, 3.05) is 6.61 Å². The average molecular weight is 379 g/mol. The highest BCUT2D eigenvalue weighted by Gasteiger charge is 2.38. The molecular weight excluding hydrogens is 360 g/mol. The standard InChI is InChI=1S/C23H19ClO3/c1-3-27-22(25)15-10-8-14(9-11-15)16-12-19-21(20(24)13-16)17-6-4-5-7-18(17)23(19,2)26/h4-13,26H,3H2,1-2H3. The van der Waals surface area contributed by atoms with Gasteiger partial charge in [0.05, 0.1) is 12.2 Å². The van der Waals surface area contributed by atoms with Gasteiger partial charge in [0.2, 0.25) is 0 Å². The summed E-state index contributed by atoms with van der Waals surface area (Å²) in [6, 6.07) is 18.8. The largest absolute Gasteiger partial charge is 0.462 e. The minimum Gasteiger partial charge on any atom is -0.462 e. The first-order valence-electron chi connectivity index (χ1n) is 8.87. The van der Waals surface area contributed by atoms with Gasteiger partial charge in [-0.3, -0.25) is 0 Å². The molecule has 136 valence electrons. The maximum absolute atomic E-state index is 11.8. The van der Waals surface area contributed by atoms with Crippen LogP contribution in [-0.4, -0.2) is 17.7 Å². The molecule has 1 aliphatic rings. The number of aliphatic hydroxyl groups is 1. The van der Waals surface area contributed by atoms with Gasteiger partial charge < -0.3 is 9.84 Å². The van der Waals surface area contributed by atoms with Crippen LogP contribution in [0.5, 0.6) is 0 Å². The molecule has 1 unspecified atom stereocenters. The van der Waals surface area contributed by atoms with E-state index in [2.05, 4.69) is 0 Å². The first-order chi connectivity index (χ1) is 12.9. The lowest BCUT2D eigenvalue weighted by Crippen LogP contribution is -2.19. The lowest BCUT2D eigenvalue weighted by atomic mass is 9.91. The minimum absolute atomic E-state index is 0.339. The third kappa shape index (κ3) is 2.84. The molecular formula is C23H19ClO3. The van der Waals surface area contributed by atoms with Gasteiger partial charge in [0.1, 0.15) is 5.60 Å². The Morgan fingerprint density at radius 3 is 2.44 bits per heavy atom. The molecule has 0 saturated heterocycles. The van der Waals surface area contributed by atoms with Crippen molar-refractivity contribution in [2.24, 2.45) is 0 Å². The van der Waals surface area contributed by atoms with Crippen molar-refractivity contribution >= 4 is 17.6 Å². The first-order valence-corrected chi connectivity index (χ1v) is 9.25. The van der Waals surface area contributed by atoms with E-state index in [1.807, 2.05) is 48.5 Å². The topological polar surface area (TPSA) is 46.5 Å². The van der Waals surface area contributed by atoms with Crippen LogP contribution in [0.3, 0.4) is 0 Å². The predicted molar refractivity (Wildman–Crippen MR) is 107 cm³/mol. The van der Waals surface area contributed by atoms with E-state index >= 15 is 0 Å². The van der Waals surface area contributed by atoms with Gasteiger partial charge in [-0.05, 0) is 65.9 Å². The zero-order valence-electron chi connectivity index (χ0n) is 15.1. The van der Waals surface area contributed by atoms with Crippen LogP contribution in [0.25, 0.3) is 22.3 Å².